The van der Waals surface area contributed by atoms with Gasteiger partial charge in [-0.25, -0.2) is 26.9 Å². The van der Waals surface area contributed by atoms with Gasteiger partial charge in [0, 0.05) is 62.8 Å². The van der Waals surface area contributed by atoms with E-state index in [4.69, 9.17) is 14.5 Å². The van der Waals surface area contributed by atoms with Gasteiger partial charge >= 0.3 is 5.97 Å². The van der Waals surface area contributed by atoms with E-state index in [0.717, 1.165) is 48.4 Å². The van der Waals surface area contributed by atoms with Crippen molar-refractivity contribution < 1.29 is 31.5 Å². The van der Waals surface area contributed by atoms with Crippen LogP contribution in [0.3, 0.4) is 0 Å². The number of fused-ring (bicyclic) bond motifs is 1. The lowest BCUT2D eigenvalue weighted by molar-refractivity contribution is -0.139. The van der Waals surface area contributed by atoms with Gasteiger partial charge < -0.3 is 19.3 Å². The van der Waals surface area contributed by atoms with E-state index in [2.05, 4.69) is 14.7 Å². The Bertz CT molecular complexity index is 1740. The number of carbonyl (C=O) groups excluding carboxylic acids is 1. The first-order valence-electron chi connectivity index (χ1n) is 15.9. The van der Waals surface area contributed by atoms with Crippen molar-refractivity contribution in [2.45, 2.75) is 57.8 Å². The smallest absolute Gasteiger partial charge is 0.323 e. The molecule has 3 aromatic rings. The van der Waals surface area contributed by atoms with E-state index in [0.29, 0.717) is 41.4 Å². The van der Waals surface area contributed by atoms with E-state index in [1.807, 2.05) is 23.2 Å². The van der Waals surface area contributed by atoms with Gasteiger partial charge in [0.15, 0.2) is 17.3 Å². The minimum atomic E-state index is -3.98. The summed E-state index contributed by atoms with van der Waals surface area (Å²) in [6.07, 6.45) is 8.54. The molecule has 5 heterocycles. The molecular formula is C32H38F2N6O5S. The van der Waals surface area contributed by atoms with E-state index in [-0.39, 0.29) is 32.5 Å². The molecule has 0 atom stereocenters. The molecule has 2 aromatic heterocycles. The highest BCUT2D eigenvalue weighted by Gasteiger charge is 2.44. The molecule has 0 unspecified atom stereocenters. The maximum Gasteiger partial charge on any atom is 0.323 e. The lowest BCUT2D eigenvalue weighted by Crippen LogP contribution is -2.40. The van der Waals surface area contributed by atoms with Gasteiger partial charge in [-0.05, 0) is 62.3 Å². The molecule has 1 saturated carbocycles. The van der Waals surface area contributed by atoms with E-state index in [1.165, 1.54) is 12.8 Å². The number of benzene rings is 1. The SMILES string of the molecule is CCOC(=O)CS(=O)(=O)Nc1ccc(-n2cc(-c3cc4c(c(N5CCC(F)(F)CC5)n3)OCC4)cn2)c(N2CCC3(CC2)CC3)c1. The quantitative estimate of drug-likeness (QED) is 0.325. The van der Waals surface area contributed by atoms with Crippen molar-refractivity contribution in [1.82, 2.24) is 14.8 Å². The molecule has 0 bridgehead atoms. The summed E-state index contributed by atoms with van der Waals surface area (Å²) < 4.78 is 68.3. The standard InChI is InChI=1S/C32H38F2N6O5S/c1-2-44-28(41)21-46(42,43)37-24-3-4-26(27(18-24)38-12-8-31(6-7-31)9-13-38)40-20-23(19-35-40)25-17-22-5-16-45-29(22)30(36-25)39-14-10-32(33,34)11-15-39/h3-4,17-20,37H,2,5-16,21H2,1H3. The van der Waals surface area contributed by atoms with Crippen LogP contribution in [0.4, 0.5) is 26.0 Å². The second kappa shape index (κ2) is 11.7. The Morgan fingerprint density at radius 3 is 2.48 bits per heavy atom. The van der Waals surface area contributed by atoms with E-state index >= 15 is 0 Å². The van der Waals surface area contributed by atoms with Crippen molar-refractivity contribution in [2.75, 3.05) is 59.7 Å². The molecule has 3 aliphatic heterocycles. The topological polar surface area (TPSA) is 119 Å². The zero-order chi connectivity index (χ0) is 32.1. The molecule has 11 nitrogen and oxygen atoms in total. The largest absolute Gasteiger partial charge is 0.489 e. The number of sulfonamides is 1. The molecular weight excluding hydrogens is 618 g/mol. The molecule has 4 aliphatic rings. The van der Waals surface area contributed by atoms with Crippen LogP contribution in [0, 0.1) is 5.41 Å². The third kappa shape index (κ3) is 6.36. The Labute approximate surface area is 266 Å². The van der Waals surface area contributed by atoms with Gasteiger partial charge in [0.25, 0.3) is 5.92 Å². The molecule has 46 heavy (non-hydrogen) atoms. The lowest BCUT2D eigenvalue weighted by Gasteiger charge is -2.35. The number of ether oxygens (including phenoxy) is 2. The minimum absolute atomic E-state index is 0.0999. The fraction of sp³-hybridized carbons (Fsp3) is 0.531. The van der Waals surface area contributed by atoms with Crippen LogP contribution in [-0.2, 0) is 26.0 Å². The van der Waals surface area contributed by atoms with Crippen LogP contribution in [0.15, 0.2) is 36.7 Å². The third-order valence-corrected chi connectivity index (χ3v) is 10.7. The van der Waals surface area contributed by atoms with Crippen LogP contribution in [0.2, 0.25) is 0 Å². The van der Waals surface area contributed by atoms with Crippen LogP contribution in [-0.4, -0.2) is 80.2 Å². The molecule has 0 amide bonds. The Kier molecular flexibility index (Phi) is 7.81. The van der Waals surface area contributed by atoms with E-state index < -0.39 is 27.7 Å². The molecule has 14 heteroatoms. The number of carbonyl (C=O) groups is 1. The van der Waals surface area contributed by atoms with Gasteiger partial charge in [-0.15, -0.1) is 0 Å². The lowest BCUT2D eigenvalue weighted by atomic mass is 9.93. The number of pyridine rings is 1. The summed E-state index contributed by atoms with van der Waals surface area (Å²) in [4.78, 5) is 20.9. The zero-order valence-corrected chi connectivity index (χ0v) is 26.6. The maximum atomic E-state index is 13.9. The Hall–Kier alpha value is -3.94. The molecule has 1 aromatic carbocycles. The highest BCUT2D eigenvalue weighted by atomic mass is 32.2. The number of anilines is 3. The number of nitrogens with zero attached hydrogens (tertiary/aromatic N) is 5. The summed E-state index contributed by atoms with van der Waals surface area (Å²) in [5.74, 6) is -2.98. The van der Waals surface area contributed by atoms with Gasteiger partial charge in [-0.1, -0.05) is 0 Å². The summed E-state index contributed by atoms with van der Waals surface area (Å²) in [7, 11) is -3.98. The number of rotatable bonds is 9. The Balaban J connectivity index is 1.19. The molecule has 7 rings (SSSR count). The predicted octanol–water partition coefficient (Wildman–Crippen LogP) is 4.79. The first-order valence-corrected chi connectivity index (χ1v) is 17.6. The van der Waals surface area contributed by atoms with E-state index in [9.17, 15) is 22.0 Å². The van der Waals surface area contributed by atoms with E-state index in [1.54, 1.807) is 29.9 Å². The second-order valence-electron chi connectivity index (χ2n) is 12.8. The number of halogens is 2. The van der Waals surface area contributed by atoms with Crippen molar-refractivity contribution in [3.63, 3.8) is 0 Å². The number of piperidine rings is 2. The molecule has 2 saturated heterocycles. The molecule has 1 aliphatic carbocycles. The van der Waals surface area contributed by atoms with Crippen molar-refractivity contribution in [1.29, 1.82) is 0 Å². The van der Waals surface area contributed by atoms with Crippen LogP contribution < -0.4 is 19.3 Å². The van der Waals surface area contributed by atoms with Crippen molar-refractivity contribution >= 4 is 33.2 Å². The normalized spacial score (nSPS) is 19.9. The van der Waals surface area contributed by atoms with Crippen LogP contribution in [0.1, 0.15) is 51.0 Å². The first kappa shape index (κ1) is 30.7. The predicted molar refractivity (Wildman–Crippen MR) is 170 cm³/mol. The Morgan fingerprint density at radius 2 is 1.76 bits per heavy atom. The monoisotopic (exact) mass is 656 g/mol. The fourth-order valence-corrected chi connectivity index (χ4v) is 7.63. The molecule has 246 valence electrons. The van der Waals surface area contributed by atoms with Gasteiger partial charge in [-0.3, -0.25) is 9.52 Å². The van der Waals surface area contributed by atoms with Gasteiger partial charge in [0.2, 0.25) is 10.0 Å². The van der Waals surface area contributed by atoms with Crippen molar-refractivity contribution in [3.05, 3.63) is 42.2 Å². The first-order chi connectivity index (χ1) is 22.0. The highest BCUT2D eigenvalue weighted by Crippen LogP contribution is 2.54. The van der Waals surface area contributed by atoms with Crippen LogP contribution >= 0.6 is 0 Å². The van der Waals surface area contributed by atoms with Crippen molar-refractivity contribution in [2.24, 2.45) is 5.41 Å². The summed E-state index contributed by atoms with van der Waals surface area (Å²) in [6.45, 7) is 4.33. The average Bonchev–Trinajstić information content (AvgIpc) is 3.38. The van der Waals surface area contributed by atoms with Crippen LogP contribution in [0.25, 0.3) is 16.9 Å². The zero-order valence-electron chi connectivity index (χ0n) is 25.8. The number of esters is 1. The number of hydrogen-bond donors (Lipinski definition) is 1. The number of hydrogen-bond acceptors (Lipinski definition) is 9. The summed E-state index contributed by atoms with van der Waals surface area (Å²) >= 11 is 0. The highest BCUT2D eigenvalue weighted by molar-refractivity contribution is 7.93. The Morgan fingerprint density at radius 1 is 1.02 bits per heavy atom. The number of alkyl halides is 2. The second-order valence-corrected chi connectivity index (χ2v) is 14.5. The summed E-state index contributed by atoms with van der Waals surface area (Å²) in [5.41, 5.74) is 4.83. The molecule has 1 N–H and O–H groups in total. The third-order valence-electron chi connectivity index (χ3n) is 9.55. The number of aromatic nitrogens is 3. The number of nitrogens with one attached hydrogen (secondary N) is 1. The van der Waals surface area contributed by atoms with Gasteiger partial charge in [0.1, 0.15) is 0 Å². The van der Waals surface area contributed by atoms with Crippen molar-refractivity contribution in [3.8, 4) is 22.7 Å². The van der Waals surface area contributed by atoms with Gasteiger partial charge in [0.05, 0.1) is 42.2 Å². The molecule has 1 spiro atoms. The van der Waals surface area contributed by atoms with Gasteiger partial charge in [-0.2, -0.15) is 5.10 Å². The summed E-state index contributed by atoms with van der Waals surface area (Å²) in [6, 6.07) is 7.25. The molecule has 3 fully saturated rings. The fourth-order valence-electron chi connectivity index (χ4n) is 6.68. The average molecular weight is 657 g/mol. The maximum absolute atomic E-state index is 13.9. The van der Waals surface area contributed by atoms with Crippen LogP contribution in [0.5, 0.6) is 5.75 Å². The molecule has 0 radical (unpaired) electrons. The minimum Gasteiger partial charge on any atom is -0.489 e. The summed E-state index contributed by atoms with van der Waals surface area (Å²) in [5, 5.41) is 4.68.